The standard InChI is InChI=1S/C14H18BrFN2O/c1-8-6-11(15)12(16)7-13(8)18-14(19)9-2-4-10(17)5-3-9/h6-7,9-10H,2-5,17H2,1H3,(H,18,19). The Balaban J connectivity index is 2.05. The Kier molecular flexibility index (Phi) is 4.58. The van der Waals surface area contributed by atoms with Crippen molar-refractivity contribution in [1.29, 1.82) is 0 Å². The zero-order valence-corrected chi connectivity index (χ0v) is 12.5. The van der Waals surface area contributed by atoms with Crippen molar-refractivity contribution >= 4 is 27.5 Å². The average molecular weight is 329 g/mol. The number of carbonyl (C=O) groups is 1. The Morgan fingerprint density at radius 3 is 2.63 bits per heavy atom. The third-order valence-corrected chi connectivity index (χ3v) is 4.28. The van der Waals surface area contributed by atoms with Crippen molar-refractivity contribution in [3.63, 3.8) is 0 Å². The van der Waals surface area contributed by atoms with Crippen molar-refractivity contribution < 1.29 is 9.18 Å². The van der Waals surface area contributed by atoms with Gasteiger partial charge < -0.3 is 11.1 Å². The van der Waals surface area contributed by atoms with Crippen LogP contribution in [0.2, 0.25) is 0 Å². The molecule has 0 radical (unpaired) electrons. The molecular weight excluding hydrogens is 311 g/mol. The fourth-order valence-electron chi connectivity index (χ4n) is 2.40. The molecule has 0 spiro atoms. The number of rotatable bonds is 2. The molecule has 1 fully saturated rings. The van der Waals surface area contributed by atoms with Gasteiger partial charge in [-0.25, -0.2) is 4.39 Å². The zero-order valence-electron chi connectivity index (χ0n) is 10.9. The summed E-state index contributed by atoms with van der Waals surface area (Å²) in [5.41, 5.74) is 7.21. The second-order valence-electron chi connectivity index (χ2n) is 5.18. The first kappa shape index (κ1) is 14.5. The molecule has 1 aliphatic carbocycles. The molecule has 0 heterocycles. The van der Waals surface area contributed by atoms with Gasteiger partial charge in [0.05, 0.1) is 4.47 Å². The first-order chi connectivity index (χ1) is 8.97. The van der Waals surface area contributed by atoms with E-state index in [-0.39, 0.29) is 23.7 Å². The lowest BCUT2D eigenvalue weighted by Crippen LogP contribution is -2.32. The van der Waals surface area contributed by atoms with Crippen LogP contribution in [-0.4, -0.2) is 11.9 Å². The first-order valence-corrected chi connectivity index (χ1v) is 7.28. The predicted octanol–water partition coefficient (Wildman–Crippen LogP) is 3.35. The molecule has 5 heteroatoms. The number of carbonyl (C=O) groups excluding carboxylic acids is 1. The van der Waals surface area contributed by atoms with Crippen LogP contribution in [0.3, 0.4) is 0 Å². The Morgan fingerprint density at radius 1 is 1.37 bits per heavy atom. The molecule has 0 bridgehead atoms. The summed E-state index contributed by atoms with van der Waals surface area (Å²) in [6, 6.07) is 3.24. The van der Waals surface area contributed by atoms with Crippen molar-refractivity contribution in [3.05, 3.63) is 28.0 Å². The number of nitrogens with one attached hydrogen (secondary N) is 1. The lowest BCUT2D eigenvalue weighted by atomic mass is 9.86. The van der Waals surface area contributed by atoms with Crippen LogP contribution in [0.25, 0.3) is 0 Å². The second-order valence-corrected chi connectivity index (χ2v) is 6.04. The number of aryl methyl sites for hydroxylation is 1. The van der Waals surface area contributed by atoms with E-state index in [1.54, 1.807) is 6.07 Å². The first-order valence-electron chi connectivity index (χ1n) is 6.49. The van der Waals surface area contributed by atoms with Crippen molar-refractivity contribution in [1.82, 2.24) is 0 Å². The maximum Gasteiger partial charge on any atom is 0.227 e. The number of anilines is 1. The minimum absolute atomic E-state index is 0.00842. The highest BCUT2D eigenvalue weighted by molar-refractivity contribution is 9.10. The molecule has 3 N–H and O–H groups in total. The average Bonchev–Trinajstić information content (AvgIpc) is 2.36. The molecular formula is C14H18BrFN2O. The Hall–Kier alpha value is -0.940. The Bertz CT molecular complexity index is 485. The highest BCUT2D eigenvalue weighted by Gasteiger charge is 2.25. The topological polar surface area (TPSA) is 55.1 Å². The molecule has 0 unspecified atom stereocenters. The van der Waals surface area contributed by atoms with Gasteiger partial charge in [0.15, 0.2) is 0 Å². The number of hydrogen-bond donors (Lipinski definition) is 2. The van der Waals surface area contributed by atoms with Gasteiger partial charge in [0.2, 0.25) is 5.91 Å². The third kappa shape index (κ3) is 3.54. The summed E-state index contributed by atoms with van der Waals surface area (Å²) in [5, 5.41) is 2.82. The molecule has 104 valence electrons. The largest absolute Gasteiger partial charge is 0.328 e. The van der Waals surface area contributed by atoms with E-state index in [1.165, 1.54) is 6.07 Å². The second kappa shape index (κ2) is 6.01. The molecule has 1 amide bonds. The van der Waals surface area contributed by atoms with Gasteiger partial charge in [0.25, 0.3) is 0 Å². The smallest absolute Gasteiger partial charge is 0.227 e. The van der Waals surface area contributed by atoms with Gasteiger partial charge in [0.1, 0.15) is 5.82 Å². The summed E-state index contributed by atoms with van der Waals surface area (Å²) in [6.45, 7) is 1.84. The van der Waals surface area contributed by atoms with Gasteiger partial charge in [-0.05, 0) is 66.2 Å². The maximum absolute atomic E-state index is 13.5. The minimum atomic E-state index is -0.369. The molecule has 0 atom stereocenters. The van der Waals surface area contributed by atoms with E-state index < -0.39 is 0 Å². The van der Waals surface area contributed by atoms with Crippen LogP contribution in [-0.2, 0) is 4.79 Å². The van der Waals surface area contributed by atoms with Crippen LogP contribution in [0.4, 0.5) is 10.1 Å². The molecule has 0 saturated heterocycles. The normalized spacial score (nSPS) is 23.2. The number of benzene rings is 1. The van der Waals surface area contributed by atoms with Gasteiger partial charge in [-0.15, -0.1) is 0 Å². The van der Waals surface area contributed by atoms with Gasteiger partial charge in [-0.1, -0.05) is 0 Å². The SMILES string of the molecule is Cc1cc(Br)c(F)cc1NC(=O)C1CCC(N)CC1. The summed E-state index contributed by atoms with van der Waals surface area (Å²) >= 11 is 3.13. The summed E-state index contributed by atoms with van der Waals surface area (Å²) in [4.78, 5) is 12.1. The fourth-order valence-corrected chi connectivity index (χ4v) is 2.85. The van der Waals surface area contributed by atoms with Crippen LogP contribution in [0.1, 0.15) is 31.2 Å². The number of amides is 1. The molecule has 1 saturated carbocycles. The van der Waals surface area contributed by atoms with E-state index in [0.717, 1.165) is 31.2 Å². The number of nitrogens with two attached hydrogens (primary N) is 1. The lowest BCUT2D eigenvalue weighted by Gasteiger charge is -2.25. The monoisotopic (exact) mass is 328 g/mol. The number of hydrogen-bond acceptors (Lipinski definition) is 2. The Morgan fingerprint density at radius 2 is 2.00 bits per heavy atom. The lowest BCUT2D eigenvalue weighted by molar-refractivity contribution is -0.120. The highest BCUT2D eigenvalue weighted by atomic mass is 79.9. The van der Waals surface area contributed by atoms with E-state index in [1.807, 2.05) is 6.92 Å². The van der Waals surface area contributed by atoms with Crippen molar-refractivity contribution in [3.8, 4) is 0 Å². The van der Waals surface area contributed by atoms with Crippen LogP contribution in [0.5, 0.6) is 0 Å². The van der Waals surface area contributed by atoms with Crippen molar-refractivity contribution in [2.75, 3.05) is 5.32 Å². The van der Waals surface area contributed by atoms with Gasteiger partial charge in [-0.2, -0.15) is 0 Å². The highest BCUT2D eigenvalue weighted by Crippen LogP contribution is 2.27. The van der Waals surface area contributed by atoms with E-state index in [2.05, 4.69) is 21.2 Å². The summed E-state index contributed by atoms with van der Waals surface area (Å²) in [6.07, 6.45) is 3.38. The molecule has 1 aromatic rings. The van der Waals surface area contributed by atoms with E-state index >= 15 is 0 Å². The molecule has 1 aromatic carbocycles. The molecule has 1 aliphatic rings. The maximum atomic E-state index is 13.5. The van der Waals surface area contributed by atoms with E-state index in [0.29, 0.717) is 10.2 Å². The molecule has 2 rings (SSSR count). The summed E-state index contributed by atoms with van der Waals surface area (Å²) < 4.78 is 13.9. The van der Waals surface area contributed by atoms with Crippen LogP contribution >= 0.6 is 15.9 Å². The fraction of sp³-hybridized carbons (Fsp3) is 0.500. The minimum Gasteiger partial charge on any atom is -0.328 e. The molecule has 0 aliphatic heterocycles. The number of halogens is 2. The van der Waals surface area contributed by atoms with Crippen LogP contribution < -0.4 is 11.1 Å². The van der Waals surface area contributed by atoms with Crippen molar-refractivity contribution in [2.24, 2.45) is 11.7 Å². The van der Waals surface area contributed by atoms with Crippen LogP contribution in [0, 0.1) is 18.7 Å². The molecule has 19 heavy (non-hydrogen) atoms. The zero-order chi connectivity index (χ0) is 14.0. The van der Waals surface area contributed by atoms with E-state index in [4.69, 9.17) is 5.73 Å². The third-order valence-electron chi connectivity index (χ3n) is 3.67. The van der Waals surface area contributed by atoms with Gasteiger partial charge in [0, 0.05) is 17.6 Å². The van der Waals surface area contributed by atoms with Crippen molar-refractivity contribution in [2.45, 2.75) is 38.6 Å². The Labute approximate surface area is 120 Å². The summed E-state index contributed by atoms with van der Waals surface area (Å²) in [5.74, 6) is -0.408. The van der Waals surface area contributed by atoms with Gasteiger partial charge in [-0.3, -0.25) is 4.79 Å². The van der Waals surface area contributed by atoms with E-state index in [9.17, 15) is 9.18 Å². The predicted molar refractivity (Wildman–Crippen MR) is 77.4 cm³/mol. The van der Waals surface area contributed by atoms with Gasteiger partial charge >= 0.3 is 0 Å². The van der Waals surface area contributed by atoms with Crippen LogP contribution in [0.15, 0.2) is 16.6 Å². The molecule has 3 nitrogen and oxygen atoms in total. The summed E-state index contributed by atoms with van der Waals surface area (Å²) in [7, 11) is 0. The quantitative estimate of drug-likeness (QED) is 0.874. The molecule has 0 aromatic heterocycles.